The van der Waals surface area contributed by atoms with Crippen LogP contribution in [0.15, 0.2) is 5.03 Å². The van der Waals surface area contributed by atoms with Gasteiger partial charge in [0.15, 0.2) is 5.03 Å². The highest BCUT2D eigenvalue weighted by atomic mass is 35.7. The van der Waals surface area contributed by atoms with Crippen LogP contribution in [-0.2, 0) is 15.5 Å². The van der Waals surface area contributed by atoms with Crippen molar-refractivity contribution in [1.29, 1.82) is 0 Å². The van der Waals surface area contributed by atoms with E-state index < -0.39 is 9.05 Å². The van der Waals surface area contributed by atoms with Crippen molar-refractivity contribution < 1.29 is 8.42 Å². The molecule has 0 N–H and O–H groups in total. The molecule has 1 aliphatic rings. The summed E-state index contributed by atoms with van der Waals surface area (Å²) in [6.45, 7) is 6.18. The Bertz CT molecular complexity index is 549. The molecule has 0 aliphatic carbocycles. The molecule has 0 aromatic carbocycles. The zero-order valence-electron chi connectivity index (χ0n) is 11.0. The van der Waals surface area contributed by atoms with E-state index in [1.165, 1.54) is 0 Å². The van der Waals surface area contributed by atoms with Gasteiger partial charge >= 0.3 is 0 Å². The fourth-order valence-electron chi connectivity index (χ4n) is 2.72. The zero-order chi connectivity index (χ0) is 13.5. The minimum Gasteiger partial charge on any atom is -0.327 e. The van der Waals surface area contributed by atoms with Gasteiger partial charge in [-0.3, -0.25) is 0 Å². The Kier molecular flexibility index (Phi) is 3.74. The topological polar surface area (TPSA) is 52.0 Å². The van der Waals surface area contributed by atoms with Gasteiger partial charge in [-0.05, 0) is 25.7 Å². The number of imidazole rings is 1. The van der Waals surface area contributed by atoms with E-state index in [0.29, 0.717) is 6.04 Å². The molecule has 102 valence electrons. The third-order valence-electron chi connectivity index (χ3n) is 3.54. The maximum absolute atomic E-state index is 11.6. The second kappa shape index (κ2) is 4.85. The molecule has 0 amide bonds. The van der Waals surface area contributed by atoms with Crippen LogP contribution in [0.5, 0.6) is 0 Å². The number of halogens is 1. The van der Waals surface area contributed by atoms with Gasteiger partial charge in [-0.15, -0.1) is 0 Å². The lowest BCUT2D eigenvalue weighted by atomic mass is 10.00. The summed E-state index contributed by atoms with van der Waals surface area (Å²) < 4.78 is 25.4. The van der Waals surface area contributed by atoms with Crippen LogP contribution in [-0.4, -0.2) is 18.0 Å². The van der Waals surface area contributed by atoms with Crippen LogP contribution >= 0.6 is 10.7 Å². The monoisotopic (exact) mass is 290 g/mol. The van der Waals surface area contributed by atoms with Gasteiger partial charge in [0, 0.05) is 22.6 Å². The predicted molar refractivity (Wildman–Crippen MR) is 71.6 cm³/mol. The highest BCUT2D eigenvalue weighted by Crippen LogP contribution is 2.35. The molecular formula is C12H19ClN2O2S. The van der Waals surface area contributed by atoms with Gasteiger partial charge < -0.3 is 4.57 Å². The third kappa shape index (κ3) is 2.30. The van der Waals surface area contributed by atoms with Crippen molar-refractivity contribution in [3.63, 3.8) is 0 Å². The SMILES string of the molecule is CCC1CCCc2c(S(=O)(=O)Cl)nc(C(C)C)n21. The summed E-state index contributed by atoms with van der Waals surface area (Å²) in [4.78, 5) is 4.30. The van der Waals surface area contributed by atoms with Crippen LogP contribution < -0.4 is 0 Å². The molecule has 0 fully saturated rings. The van der Waals surface area contributed by atoms with Gasteiger partial charge in [0.1, 0.15) is 5.82 Å². The Labute approximate surface area is 113 Å². The van der Waals surface area contributed by atoms with Crippen molar-refractivity contribution in [1.82, 2.24) is 9.55 Å². The normalized spacial score (nSPS) is 20.2. The zero-order valence-corrected chi connectivity index (χ0v) is 12.6. The van der Waals surface area contributed by atoms with Crippen LogP contribution in [0.2, 0.25) is 0 Å². The molecule has 0 spiro atoms. The molecule has 1 atom stereocenters. The predicted octanol–water partition coefficient (Wildman–Crippen LogP) is 3.22. The maximum Gasteiger partial charge on any atom is 0.280 e. The van der Waals surface area contributed by atoms with E-state index in [9.17, 15) is 8.42 Å². The lowest BCUT2D eigenvalue weighted by molar-refractivity contribution is 0.373. The number of fused-ring (bicyclic) bond motifs is 1. The minimum atomic E-state index is -3.75. The summed E-state index contributed by atoms with van der Waals surface area (Å²) in [5.74, 6) is 1.04. The molecular weight excluding hydrogens is 272 g/mol. The first-order valence-corrected chi connectivity index (χ1v) is 8.72. The number of hydrogen-bond donors (Lipinski definition) is 0. The summed E-state index contributed by atoms with van der Waals surface area (Å²) in [7, 11) is 1.75. The fourth-order valence-corrected chi connectivity index (χ4v) is 3.78. The van der Waals surface area contributed by atoms with Crippen molar-refractivity contribution in [3.8, 4) is 0 Å². The van der Waals surface area contributed by atoms with E-state index in [1.807, 2.05) is 13.8 Å². The number of rotatable bonds is 3. The molecule has 1 aromatic heterocycles. The largest absolute Gasteiger partial charge is 0.327 e. The van der Waals surface area contributed by atoms with Crippen LogP contribution in [0.4, 0.5) is 0 Å². The van der Waals surface area contributed by atoms with Gasteiger partial charge in [0.05, 0.1) is 5.69 Å². The quantitative estimate of drug-likeness (QED) is 0.803. The van der Waals surface area contributed by atoms with Gasteiger partial charge in [-0.1, -0.05) is 20.8 Å². The molecule has 1 aliphatic heterocycles. The van der Waals surface area contributed by atoms with E-state index in [2.05, 4.69) is 16.5 Å². The Balaban J connectivity index is 2.68. The molecule has 1 unspecified atom stereocenters. The molecule has 6 heteroatoms. The Morgan fingerprint density at radius 1 is 1.50 bits per heavy atom. The average Bonchev–Trinajstić information content (AvgIpc) is 2.67. The van der Waals surface area contributed by atoms with E-state index >= 15 is 0 Å². The number of nitrogens with zero attached hydrogens (tertiary/aromatic N) is 2. The highest BCUT2D eigenvalue weighted by molar-refractivity contribution is 8.13. The van der Waals surface area contributed by atoms with Crippen molar-refractivity contribution in [2.45, 2.75) is 63.4 Å². The first kappa shape index (κ1) is 13.9. The molecule has 0 bridgehead atoms. The van der Waals surface area contributed by atoms with Crippen LogP contribution in [0.3, 0.4) is 0 Å². The lowest BCUT2D eigenvalue weighted by Gasteiger charge is -2.27. The van der Waals surface area contributed by atoms with Crippen LogP contribution in [0.1, 0.15) is 63.5 Å². The smallest absolute Gasteiger partial charge is 0.280 e. The van der Waals surface area contributed by atoms with E-state index in [-0.39, 0.29) is 10.9 Å². The number of aromatic nitrogens is 2. The molecule has 0 saturated carbocycles. The molecule has 0 radical (unpaired) electrons. The van der Waals surface area contributed by atoms with Crippen molar-refractivity contribution in [2.75, 3.05) is 0 Å². The first-order chi connectivity index (χ1) is 8.36. The summed E-state index contributed by atoms with van der Waals surface area (Å²) in [5, 5.41) is 0.0750. The fraction of sp³-hybridized carbons (Fsp3) is 0.750. The average molecular weight is 291 g/mol. The van der Waals surface area contributed by atoms with E-state index in [4.69, 9.17) is 10.7 Å². The lowest BCUT2D eigenvalue weighted by Crippen LogP contribution is -2.20. The molecule has 2 heterocycles. The number of hydrogen-bond acceptors (Lipinski definition) is 3. The van der Waals surface area contributed by atoms with Crippen LogP contribution in [0, 0.1) is 0 Å². The van der Waals surface area contributed by atoms with Crippen molar-refractivity contribution in [3.05, 3.63) is 11.5 Å². The van der Waals surface area contributed by atoms with Gasteiger partial charge in [-0.2, -0.15) is 0 Å². The van der Waals surface area contributed by atoms with Gasteiger partial charge in [-0.25, -0.2) is 13.4 Å². The molecule has 0 saturated heterocycles. The van der Waals surface area contributed by atoms with Crippen molar-refractivity contribution in [2.24, 2.45) is 0 Å². The summed E-state index contributed by atoms with van der Waals surface area (Å²) >= 11 is 0. The second-order valence-corrected chi connectivity index (χ2v) is 7.62. The standard InChI is InChI=1S/C12H19ClN2O2S/c1-4-9-6-5-7-10-12(18(13,16)17)14-11(8(2)3)15(9)10/h8-9H,4-7H2,1-3H3. The Morgan fingerprint density at radius 3 is 2.67 bits per heavy atom. The summed E-state index contributed by atoms with van der Waals surface area (Å²) in [5.41, 5.74) is 0.798. The van der Waals surface area contributed by atoms with Crippen molar-refractivity contribution >= 4 is 19.7 Å². The summed E-state index contributed by atoms with van der Waals surface area (Å²) in [6, 6.07) is 0.353. The van der Waals surface area contributed by atoms with E-state index in [1.54, 1.807) is 0 Å². The molecule has 4 nitrogen and oxygen atoms in total. The van der Waals surface area contributed by atoms with Crippen LogP contribution in [0.25, 0.3) is 0 Å². The van der Waals surface area contributed by atoms with Gasteiger partial charge in [0.25, 0.3) is 9.05 Å². The summed E-state index contributed by atoms with van der Waals surface area (Å²) in [6.07, 6.45) is 3.82. The first-order valence-electron chi connectivity index (χ1n) is 6.41. The second-order valence-electron chi connectivity index (χ2n) is 5.14. The van der Waals surface area contributed by atoms with E-state index in [0.717, 1.165) is 37.2 Å². The highest BCUT2D eigenvalue weighted by Gasteiger charge is 2.31. The molecule has 1 aromatic rings. The third-order valence-corrected chi connectivity index (χ3v) is 4.76. The molecule has 18 heavy (non-hydrogen) atoms. The Morgan fingerprint density at radius 2 is 2.17 bits per heavy atom. The molecule has 2 rings (SSSR count). The minimum absolute atomic E-state index is 0.0750. The maximum atomic E-state index is 11.6. The van der Waals surface area contributed by atoms with Gasteiger partial charge in [0.2, 0.25) is 0 Å². The Hall–Kier alpha value is -0.550.